The minimum Gasteiger partial charge on any atom is -0.326 e. The van der Waals surface area contributed by atoms with Gasteiger partial charge in [0.05, 0.1) is 0 Å². The summed E-state index contributed by atoms with van der Waals surface area (Å²) < 4.78 is 1.36. The molecule has 0 aliphatic rings. The average Bonchev–Trinajstić information content (AvgIpc) is 2.76. The highest BCUT2D eigenvalue weighted by atomic mass is 16.2. The van der Waals surface area contributed by atoms with E-state index < -0.39 is 0 Å². The fourth-order valence-corrected chi connectivity index (χ4v) is 1.43. The van der Waals surface area contributed by atoms with Gasteiger partial charge in [0.25, 0.3) is 0 Å². The molecule has 0 spiro atoms. The molecule has 15 heavy (non-hydrogen) atoms. The molecule has 4 nitrogen and oxygen atoms in total. The summed E-state index contributed by atoms with van der Waals surface area (Å²) >= 11 is 0. The smallest absolute Gasteiger partial charge is 0.326 e. The lowest BCUT2D eigenvalue weighted by atomic mass is 10.2. The first kappa shape index (κ1) is 11.8. The Morgan fingerprint density at radius 3 is 2.80 bits per heavy atom. The monoisotopic (exact) mass is 209 g/mol. The number of nitrogens with zero attached hydrogens (tertiary/aromatic N) is 3. The Kier molecular flexibility index (Phi) is 4.87. The van der Waals surface area contributed by atoms with Crippen molar-refractivity contribution in [2.75, 3.05) is 13.6 Å². The van der Waals surface area contributed by atoms with E-state index in [-0.39, 0.29) is 6.03 Å². The SMILES string of the molecule is CCCCCCN(C)C(=O)n1cccn1. The molecule has 0 radical (unpaired) electrons. The molecule has 0 saturated carbocycles. The van der Waals surface area contributed by atoms with Gasteiger partial charge in [0.1, 0.15) is 0 Å². The summed E-state index contributed by atoms with van der Waals surface area (Å²) in [6, 6.07) is 1.69. The Bertz CT molecular complexity index is 282. The summed E-state index contributed by atoms with van der Waals surface area (Å²) in [5.74, 6) is 0. The third kappa shape index (κ3) is 3.73. The highest BCUT2D eigenvalue weighted by Crippen LogP contribution is 2.01. The maximum atomic E-state index is 11.7. The molecule has 0 unspecified atom stereocenters. The van der Waals surface area contributed by atoms with Crippen LogP contribution < -0.4 is 0 Å². The zero-order valence-electron chi connectivity index (χ0n) is 9.52. The Balaban J connectivity index is 2.28. The predicted octanol–water partition coefficient (Wildman–Crippen LogP) is 2.36. The number of carbonyl (C=O) groups is 1. The first-order valence-electron chi connectivity index (χ1n) is 5.50. The number of aromatic nitrogens is 2. The second-order valence-corrected chi connectivity index (χ2v) is 3.72. The van der Waals surface area contributed by atoms with Gasteiger partial charge >= 0.3 is 6.03 Å². The highest BCUT2D eigenvalue weighted by Gasteiger charge is 2.09. The quantitative estimate of drug-likeness (QED) is 0.698. The van der Waals surface area contributed by atoms with Crippen LogP contribution in [0.4, 0.5) is 4.79 Å². The molecule has 0 fully saturated rings. The molecule has 1 heterocycles. The predicted molar refractivity (Wildman–Crippen MR) is 59.8 cm³/mol. The topological polar surface area (TPSA) is 38.1 Å². The van der Waals surface area contributed by atoms with Crippen molar-refractivity contribution in [2.45, 2.75) is 32.6 Å². The summed E-state index contributed by atoms with van der Waals surface area (Å²) in [4.78, 5) is 13.4. The number of unbranched alkanes of at least 4 members (excludes halogenated alkanes) is 3. The van der Waals surface area contributed by atoms with Crippen LogP contribution in [0.5, 0.6) is 0 Å². The first-order valence-corrected chi connectivity index (χ1v) is 5.50. The minimum absolute atomic E-state index is 0.0588. The molecule has 1 rings (SSSR count). The van der Waals surface area contributed by atoms with Crippen molar-refractivity contribution in [2.24, 2.45) is 0 Å². The summed E-state index contributed by atoms with van der Waals surface area (Å²) in [6.07, 6.45) is 8.00. The Labute approximate surface area is 90.9 Å². The van der Waals surface area contributed by atoms with E-state index in [2.05, 4.69) is 12.0 Å². The molecule has 0 aliphatic carbocycles. The van der Waals surface area contributed by atoms with Gasteiger partial charge in [-0.1, -0.05) is 26.2 Å². The second kappa shape index (κ2) is 6.22. The summed E-state index contributed by atoms with van der Waals surface area (Å²) in [6.45, 7) is 2.98. The van der Waals surface area contributed by atoms with Crippen LogP contribution in [0.25, 0.3) is 0 Å². The molecule has 0 aliphatic heterocycles. The van der Waals surface area contributed by atoms with Gasteiger partial charge in [0.15, 0.2) is 0 Å². The largest absolute Gasteiger partial charge is 0.344 e. The molecule has 0 atom stereocenters. The van der Waals surface area contributed by atoms with Crippen molar-refractivity contribution >= 4 is 6.03 Å². The first-order chi connectivity index (χ1) is 7.25. The molecule has 4 heteroatoms. The molecule has 1 aromatic rings. The van der Waals surface area contributed by atoms with Gasteiger partial charge in [0.2, 0.25) is 0 Å². The molecule has 1 aromatic heterocycles. The summed E-state index contributed by atoms with van der Waals surface area (Å²) in [5.41, 5.74) is 0. The molecule has 0 saturated heterocycles. The standard InChI is InChI=1S/C11H19N3O/c1-3-4-5-6-9-13(2)11(15)14-10-7-8-12-14/h7-8,10H,3-6,9H2,1-2H3. The average molecular weight is 209 g/mol. The van der Waals surface area contributed by atoms with Crippen molar-refractivity contribution in [3.05, 3.63) is 18.5 Å². The molecular weight excluding hydrogens is 190 g/mol. The van der Waals surface area contributed by atoms with Crippen LogP contribution in [0.2, 0.25) is 0 Å². The maximum Gasteiger partial charge on any atom is 0.344 e. The fourth-order valence-electron chi connectivity index (χ4n) is 1.43. The van der Waals surface area contributed by atoms with Gasteiger partial charge in [-0.2, -0.15) is 9.78 Å². The van der Waals surface area contributed by atoms with Gasteiger partial charge in [0, 0.05) is 26.0 Å². The normalized spacial score (nSPS) is 10.3. The van der Waals surface area contributed by atoms with E-state index in [4.69, 9.17) is 0 Å². The summed E-state index contributed by atoms with van der Waals surface area (Å²) in [5, 5.41) is 3.91. The van der Waals surface area contributed by atoms with Crippen molar-refractivity contribution in [1.29, 1.82) is 0 Å². The van der Waals surface area contributed by atoms with E-state index in [1.165, 1.54) is 23.9 Å². The van der Waals surface area contributed by atoms with Crippen LogP contribution >= 0.6 is 0 Å². The van der Waals surface area contributed by atoms with Gasteiger partial charge in [-0.05, 0) is 12.5 Å². The van der Waals surface area contributed by atoms with E-state index in [1.807, 2.05) is 7.05 Å². The molecule has 84 valence electrons. The van der Waals surface area contributed by atoms with Gasteiger partial charge in [-0.3, -0.25) is 0 Å². The zero-order chi connectivity index (χ0) is 11.1. The van der Waals surface area contributed by atoms with Crippen LogP contribution in [0, 0.1) is 0 Å². The van der Waals surface area contributed by atoms with Crippen LogP contribution in [0.3, 0.4) is 0 Å². The molecule has 0 aromatic carbocycles. The number of carbonyl (C=O) groups excluding carboxylic acids is 1. The lowest BCUT2D eigenvalue weighted by molar-refractivity contribution is 0.206. The van der Waals surface area contributed by atoms with Crippen molar-refractivity contribution in [3.63, 3.8) is 0 Å². The third-order valence-corrected chi connectivity index (χ3v) is 2.37. The van der Waals surface area contributed by atoms with Gasteiger partial charge < -0.3 is 4.90 Å². The highest BCUT2D eigenvalue weighted by molar-refractivity contribution is 5.75. The van der Waals surface area contributed by atoms with E-state index in [9.17, 15) is 4.79 Å². The minimum atomic E-state index is -0.0588. The molecule has 0 N–H and O–H groups in total. The molecular formula is C11H19N3O. The number of rotatable bonds is 5. The second-order valence-electron chi connectivity index (χ2n) is 3.72. The van der Waals surface area contributed by atoms with Gasteiger partial charge in [-0.15, -0.1) is 0 Å². The Hall–Kier alpha value is -1.32. The van der Waals surface area contributed by atoms with Crippen LogP contribution in [0.15, 0.2) is 18.5 Å². The number of amides is 1. The molecule has 0 bridgehead atoms. The lowest BCUT2D eigenvalue weighted by Gasteiger charge is -2.16. The van der Waals surface area contributed by atoms with Crippen LogP contribution in [-0.4, -0.2) is 34.3 Å². The van der Waals surface area contributed by atoms with Crippen LogP contribution in [-0.2, 0) is 0 Å². The maximum absolute atomic E-state index is 11.7. The lowest BCUT2D eigenvalue weighted by Crippen LogP contribution is -2.32. The third-order valence-electron chi connectivity index (χ3n) is 2.37. The zero-order valence-corrected chi connectivity index (χ0v) is 9.52. The van der Waals surface area contributed by atoms with Gasteiger partial charge in [-0.25, -0.2) is 4.79 Å². The molecule has 1 amide bonds. The fraction of sp³-hybridized carbons (Fsp3) is 0.636. The number of hydrogen-bond donors (Lipinski definition) is 0. The van der Waals surface area contributed by atoms with E-state index >= 15 is 0 Å². The summed E-state index contributed by atoms with van der Waals surface area (Å²) in [7, 11) is 1.82. The Morgan fingerprint density at radius 1 is 1.40 bits per heavy atom. The van der Waals surface area contributed by atoms with E-state index in [0.717, 1.165) is 13.0 Å². The Morgan fingerprint density at radius 2 is 2.20 bits per heavy atom. The van der Waals surface area contributed by atoms with E-state index in [1.54, 1.807) is 23.4 Å². The van der Waals surface area contributed by atoms with E-state index in [0.29, 0.717) is 0 Å². The van der Waals surface area contributed by atoms with Crippen molar-refractivity contribution < 1.29 is 4.79 Å². The van der Waals surface area contributed by atoms with Crippen LogP contribution in [0.1, 0.15) is 32.6 Å². The number of hydrogen-bond acceptors (Lipinski definition) is 2. The van der Waals surface area contributed by atoms with Crippen molar-refractivity contribution in [3.8, 4) is 0 Å². The van der Waals surface area contributed by atoms with Crippen molar-refractivity contribution in [1.82, 2.24) is 14.7 Å².